The monoisotopic (exact) mass is 582 g/mol. The molecule has 2 N–H and O–H groups in total. The Morgan fingerprint density at radius 3 is 0.932 bits per heavy atom. The molecular formula is C38H34N2O4. The highest BCUT2D eigenvalue weighted by molar-refractivity contribution is 6.03. The predicted molar refractivity (Wildman–Crippen MR) is 175 cm³/mol. The predicted octanol–water partition coefficient (Wildman–Crippen LogP) is 8.89. The normalized spacial score (nSPS) is 10.5. The maximum absolute atomic E-state index is 12.2. The summed E-state index contributed by atoms with van der Waals surface area (Å²) in [5.41, 5.74) is 10.9. The summed E-state index contributed by atoms with van der Waals surface area (Å²) in [7, 11) is 2.80. The van der Waals surface area contributed by atoms with Crippen molar-refractivity contribution in [2.24, 2.45) is 0 Å². The molecule has 0 aliphatic heterocycles. The van der Waals surface area contributed by atoms with Crippen molar-refractivity contribution >= 4 is 11.9 Å². The van der Waals surface area contributed by atoms with E-state index in [1.165, 1.54) is 14.2 Å². The summed E-state index contributed by atoms with van der Waals surface area (Å²) in [6, 6.07) is 39.9. The van der Waals surface area contributed by atoms with Gasteiger partial charge in [-0.1, -0.05) is 121 Å². The van der Waals surface area contributed by atoms with E-state index < -0.39 is 0 Å². The Balaban J connectivity index is 0.000000175. The first-order chi connectivity index (χ1) is 21.4. The van der Waals surface area contributed by atoms with Crippen LogP contribution < -0.4 is 0 Å². The number of H-pyrrole nitrogens is 2. The van der Waals surface area contributed by atoms with E-state index in [0.29, 0.717) is 11.4 Å². The second-order valence-electron chi connectivity index (χ2n) is 10.2. The molecule has 220 valence electrons. The quantitative estimate of drug-likeness (QED) is 0.192. The van der Waals surface area contributed by atoms with Gasteiger partial charge < -0.3 is 19.4 Å². The van der Waals surface area contributed by atoms with Crippen LogP contribution in [0.25, 0.3) is 44.5 Å². The highest BCUT2D eigenvalue weighted by Gasteiger charge is 2.24. The lowest BCUT2D eigenvalue weighted by Gasteiger charge is -2.08. The van der Waals surface area contributed by atoms with Crippen LogP contribution in [-0.4, -0.2) is 36.1 Å². The van der Waals surface area contributed by atoms with Crippen molar-refractivity contribution in [3.05, 3.63) is 144 Å². The number of methoxy groups -OCH3 is 2. The molecule has 6 nitrogen and oxygen atoms in total. The topological polar surface area (TPSA) is 84.2 Å². The molecule has 0 spiro atoms. The number of ether oxygens (including phenoxy) is 2. The minimum absolute atomic E-state index is 0.357. The minimum atomic E-state index is -0.357. The fourth-order valence-electron chi connectivity index (χ4n) is 5.48. The number of aryl methyl sites for hydroxylation is 2. The summed E-state index contributed by atoms with van der Waals surface area (Å²) in [6.45, 7) is 3.95. The largest absolute Gasteiger partial charge is 0.464 e. The number of nitrogens with one attached hydrogen (secondary N) is 2. The molecule has 6 heteroatoms. The number of carbonyl (C=O) groups is 2. The van der Waals surface area contributed by atoms with Gasteiger partial charge in [0.15, 0.2) is 0 Å². The van der Waals surface area contributed by atoms with Crippen LogP contribution >= 0.6 is 0 Å². The van der Waals surface area contributed by atoms with Crippen molar-refractivity contribution in [2.45, 2.75) is 13.8 Å². The third-order valence-electron chi connectivity index (χ3n) is 7.40. The Kier molecular flexibility index (Phi) is 9.21. The van der Waals surface area contributed by atoms with Crippen molar-refractivity contribution in [1.82, 2.24) is 9.97 Å². The van der Waals surface area contributed by atoms with Crippen LogP contribution in [0.4, 0.5) is 0 Å². The van der Waals surface area contributed by atoms with E-state index in [1.807, 2.05) is 135 Å². The van der Waals surface area contributed by atoms with Crippen LogP contribution in [-0.2, 0) is 9.47 Å². The minimum Gasteiger partial charge on any atom is -0.464 e. The summed E-state index contributed by atoms with van der Waals surface area (Å²) < 4.78 is 9.86. The average Bonchev–Trinajstić information content (AvgIpc) is 3.62. The van der Waals surface area contributed by atoms with Gasteiger partial charge in [-0.25, -0.2) is 9.59 Å². The number of hydrogen-bond acceptors (Lipinski definition) is 4. The van der Waals surface area contributed by atoms with E-state index in [9.17, 15) is 9.59 Å². The van der Waals surface area contributed by atoms with Gasteiger partial charge in [0.05, 0.1) is 14.2 Å². The summed E-state index contributed by atoms with van der Waals surface area (Å²) in [6.07, 6.45) is 0. The molecule has 0 fully saturated rings. The highest BCUT2D eigenvalue weighted by atomic mass is 16.5. The van der Waals surface area contributed by atoms with E-state index in [2.05, 4.69) is 9.97 Å². The molecular weight excluding hydrogens is 548 g/mol. The lowest BCUT2D eigenvalue weighted by molar-refractivity contribution is 0.0587. The first kappa shape index (κ1) is 29.9. The standard InChI is InChI=1S/2C19H17NO2/c2*1-13-16(14-9-5-3-6-10-14)17(15-11-7-4-8-12-15)18(20-13)19(21)22-2/h2*3-12,20H,1-2H3. The highest BCUT2D eigenvalue weighted by Crippen LogP contribution is 2.39. The van der Waals surface area contributed by atoms with Gasteiger partial charge >= 0.3 is 11.9 Å². The second kappa shape index (κ2) is 13.6. The van der Waals surface area contributed by atoms with Gasteiger partial charge in [0.2, 0.25) is 0 Å². The number of carbonyl (C=O) groups excluding carboxylic acids is 2. The molecule has 0 atom stereocenters. The SMILES string of the molecule is COC(=O)c1[nH]c(C)c(-c2ccccc2)c1-c1ccccc1.COC(=O)c1[nH]c(C)c(-c2ccccc2)c1-c1ccccc1. The first-order valence-electron chi connectivity index (χ1n) is 14.3. The Morgan fingerprint density at radius 2 is 0.682 bits per heavy atom. The van der Waals surface area contributed by atoms with Crippen LogP contribution in [0.2, 0.25) is 0 Å². The molecule has 0 unspecified atom stereocenters. The van der Waals surface area contributed by atoms with Gasteiger partial charge in [-0.3, -0.25) is 0 Å². The third-order valence-corrected chi connectivity index (χ3v) is 7.40. The maximum Gasteiger partial charge on any atom is 0.355 e. The molecule has 0 saturated carbocycles. The zero-order chi connectivity index (χ0) is 31.1. The lowest BCUT2D eigenvalue weighted by atomic mass is 9.95. The van der Waals surface area contributed by atoms with E-state index in [0.717, 1.165) is 55.9 Å². The van der Waals surface area contributed by atoms with E-state index >= 15 is 0 Å². The molecule has 0 radical (unpaired) electrons. The smallest absolute Gasteiger partial charge is 0.355 e. The van der Waals surface area contributed by atoms with Crippen molar-refractivity contribution < 1.29 is 19.1 Å². The van der Waals surface area contributed by atoms with Gasteiger partial charge in [-0.15, -0.1) is 0 Å². The Hall–Kier alpha value is -5.62. The molecule has 44 heavy (non-hydrogen) atoms. The molecule has 0 bridgehead atoms. The number of esters is 2. The Bertz CT molecular complexity index is 1720. The van der Waals surface area contributed by atoms with E-state index in [1.54, 1.807) is 0 Å². The number of aromatic nitrogens is 2. The van der Waals surface area contributed by atoms with Crippen LogP contribution in [0.5, 0.6) is 0 Å². The molecule has 2 aromatic heterocycles. The molecule has 0 aliphatic carbocycles. The molecule has 4 aromatic carbocycles. The lowest BCUT2D eigenvalue weighted by Crippen LogP contribution is -2.03. The average molecular weight is 583 g/mol. The zero-order valence-corrected chi connectivity index (χ0v) is 25.2. The number of aromatic amines is 2. The van der Waals surface area contributed by atoms with Crippen molar-refractivity contribution in [3.8, 4) is 44.5 Å². The van der Waals surface area contributed by atoms with Crippen LogP contribution in [0.15, 0.2) is 121 Å². The van der Waals surface area contributed by atoms with Crippen molar-refractivity contribution in [3.63, 3.8) is 0 Å². The number of benzene rings is 4. The van der Waals surface area contributed by atoms with Crippen LogP contribution in [0.3, 0.4) is 0 Å². The van der Waals surface area contributed by atoms with Crippen molar-refractivity contribution in [1.29, 1.82) is 0 Å². The van der Waals surface area contributed by atoms with Crippen LogP contribution in [0.1, 0.15) is 32.4 Å². The van der Waals surface area contributed by atoms with Gasteiger partial charge in [0.25, 0.3) is 0 Å². The fraction of sp³-hybridized carbons (Fsp3) is 0.105. The summed E-state index contributed by atoms with van der Waals surface area (Å²) in [5.74, 6) is -0.715. The van der Waals surface area contributed by atoms with Crippen LogP contribution in [0, 0.1) is 13.8 Å². The molecule has 0 amide bonds. The number of rotatable bonds is 6. The third kappa shape index (κ3) is 6.10. The molecule has 6 rings (SSSR count). The molecule has 2 heterocycles. The summed E-state index contributed by atoms with van der Waals surface area (Å²) >= 11 is 0. The van der Waals surface area contributed by atoms with E-state index in [-0.39, 0.29) is 11.9 Å². The second-order valence-corrected chi connectivity index (χ2v) is 10.2. The zero-order valence-electron chi connectivity index (χ0n) is 25.2. The van der Waals surface area contributed by atoms with Gasteiger partial charge in [-0.2, -0.15) is 0 Å². The number of hydrogen-bond donors (Lipinski definition) is 2. The maximum atomic E-state index is 12.2. The fourth-order valence-corrected chi connectivity index (χ4v) is 5.48. The van der Waals surface area contributed by atoms with Gasteiger partial charge in [0.1, 0.15) is 11.4 Å². The Labute approximate surface area is 257 Å². The summed E-state index contributed by atoms with van der Waals surface area (Å²) in [4.78, 5) is 30.7. The Morgan fingerprint density at radius 1 is 0.432 bits per heavy atom. The first-order valence-corrected chi connectivity index (χ1v) is 14.3. The van der Waals surface area contributed by atoms with Gasteiger partial charge in [0, 0.05) is 33.6 Å². The molecule has 0 aliphatic rings. The molecule has 0 saturated heterocycles. The molecule has 6 aromatic rings. The van der Waals surface area contributed by atoms with E-state index in [4.69, 9.17) is 9.47 Å². The summed E-state index contributed by atoms with van der Waals surface area (Å²) in [5, 5.41) is 0. The van der Waals surface area contributed by atoms with Crippen molar-refractivity contribution in [2.75, 3.05) is 14.2 Å². The van der Waals surface area contributed by atoms with Gasteiger partial charge in [-0.05, 0) is 36.1 Å².